The molecule has 9 heteroatoms. The molecular formula is C21H19BrF2N4O2. The van der Waals surface area contributed by atoms with E-state index in [1.165, 1.54) is 6.07 Å². The first kappa shape index (κ1) is 20.6. The van der Waals surface area contributed by atoms with Crippen LogP contribution in [0.15, 0.2) is 51.5 Å². The van der Waals surface area contributed by atoms with Crippen LogP contribution in [0.1, 0.15) is 18.7 Å². The molecule has 6 nitrogen and oxygen atoms in total. The molecule has 0 saturated carbocycles. The maximum absolute atomic E-state index is 13.7. The maximum atomic E-state index is 13.7. The Morgan fingerprint density at radius 1 is 1.17 bits per heavy atom. The third-order valence-electron chi connectivity index (χ3n) is 5.08. The van der Waals surface area contributed by atoms with Gasteiger partial charge in [0.15, 0.2) is 0 Å². The standard InChI is InChI=1S/C21H19BrF2N4O2/c22-15-3-1-13(2-4-15)20-26-19(30-27-20)12-28-9-7-14(8-10-28)21(29)25-18-6-5-16(23)11-17(18)24/h1-6,11,14H,7-10,12H2,(H,25,29). The third kappa shape index (κ3) is 4.91. The zero-order chi connectivity index (χ0) is 21.1. The van der Waals surface area contributed by atoms with E-state index in [2.05, 4.69) is 36.3 Å². The van der Waals surface area contributed by atoms with Gasteiger partial charge in [-0.25, -0.2) is 8.78 Å². The summed E-state index contributed by atoms with van der Waals surface area (Å²) in [6.45, 7) is 1.87. The second-order valence-corrected chi connectivity index (χ2v) is 8.10. The molecule has 30 heavy (non-hydrogen) atoms. The van der Waals surface area contributed by atoms with Crippen LogP contribution in [0.25, 0.3) is 11.4 Å². The van der Waals surface area contributed by atoms with Gasteiger partial charge in [0, 0.05) is 22.0 Å². The number of anilines is 1. The molecule has 1 aliphatic rings. The van der Waals surface area contributed by atoms with Crippen LogP contribution in [0.4, 0.5) is 14.5 Å². The maximum Gasteiger partial charge on any atom is 0.241 e. The molecule has 1 saturated heterocycles. The van der Waals surface area contributed by atoms with E-state index in [0.29, 0.717) is 44.2 Å². The number of rotatable bonds is 5. The van der Waals surface area contributed by atoms with Gasteiger partial charge in [0.25, 0.3) is 0 Å². The van der Waals surface area contributed by atoms with Crippen molar-refractivity contribution >= 4 is 27.5 Å². The number of hydrogen-bond donors (Lipinski definition) is 1. The first-order valence-electron chi connectivity index (χ1n) is 9.55. The molecule has 3 aromatic rings. The summed E-state index contributed by atoms with van der Waals surface area (Å²) in [4.78, 5) is 19.0. The summed E-state index contributed by atoms with van der Waals surface area (Å²) < 4.78 is 33.1. The van der Waals surface area contributed by atoms with Crippen molar-refractivity contribution in [2.75, 3.05) is 18.4 Å². The molecule has 156 valence electrons. The number of nitrogens with one attached hydrogen (secondary N) is 1. The fraction of sp³-hybridized carbons (Fsp3) is 0.286. The smallest absolute Gasteiger partial charge is 0.241 e. The van der Waals surface area contributed by atoms with Gasteiger partial charge in [-0.2, -0.15) is 4.98 Å². The summed E-state index contributed by atoms with van der Waals surface area (Å²) in [6.07, 6.45) is 1.25. The molecular weight excluding hydrogens is 458 g/mol. The van der Waals surface area contributed by atoms with Gasteiger partial charge < -0.3 is 9.84 Å². The molecule has 0 bridgehead atoms. The molecule has 2 heterocycles. The summed E-state index contributed by atoms with van der Waals surface area (Å²) in [7, 11) is 0. The van der Waals surface area contributed by atoms with Crippen molar-refractivity contribution in [2.24, 2.45) is 5.92 Å². The number of hydrogen-bond acceptors (Lipinski definition) is 5. The van der Waals surface area contributed by atoms with E-state index >= 15 is 0 Å². The van der Waals surface area contributed by atoms with E-state index in [1.807, 2.05) is 24.3 Å². The van der Waals surface area contributed by atoms with Crippen molar-refractivity contribution in [3.8, 4) is 11.4 Å². The number of aromatic nitrogens is 2. The van der Waals surface area contributed by atoms with Gasteiger partial charge in [0.05, 0.1) is 12.2 Å². The van der Waals surface area contributed by atoms with Crippen LogP contribution in [0.2, 0.25) is 0 Å². The Balaban J connectivity index is 1.29. The number of benzene rings is 2. The van der Waals surface area contributed by atoms with Crippen LogP contribution in [0.5, 0.6) is 0 Å². The van der Waals surface area contributed by atoms with Gasteiger partial charge in [-0.05, 0) is 62.3 Å². The molecule has 0 unspecified atom stereocenters. The SMILES string of the molecule is O=C(Nc1ccc(F)cc1F)C1CCN(Cc2nc(-c3ccc(Br)cc3)no2)CC1. The summed E-state index contributed by atoms with van der Waals surface area (Å²) in [6, 6.07) is 10.8. The summed E-state index contributed by atoms with van der Waals surface area (Å²) in [5, 5.41) is 6.59. The van der Waals surface area contributed by atoms with Gasteiger partial charge in [-0.1, -0.05) is 21.1 Å². The summed E-state index contributed by atoms with van der Waals surface area (Å²) >= 11 is 3.40. The van der Waals surface area contributed by atoms with Gasteiger partial charge >= 0.3 is 0 Å². The number of halogens is 3. The van der Waals surface area contributed by atoms with Crippen LogP contribution in [-0.2, 0) is 11.3 Å². The fourth-order valence-electron chi connectivity index (χ4n) is 3.41. The van der Waals surface area contributed by atoms with Crippen molar-refractivity contribution in [1.82, 2.24) is 15.0 Å². The molecule has 0 radical (unpaired) electrons. The van der Waals surface area contributed by atoms with E-state index < -0.39 is 11.6 Å². The van der Waals surface area contributed by atoms with Gasteiger partial charge in [-0.3, -0.25) is 9.69 Å². The first-order valence-corrected chi connectivity index (χ1v) is 10.3. The molecule has 4 rings (SSSR count). The number of carbonyl (C=O) groups is 1. The minimum absolute atomic E-state index is 0.00448. The molecule has 2 aromatic carbocycles. The lowest BCUT2D eigenvalue weighted by Crippen LogP contribution is -2.37. The molecule has 1 amide bonds. The zero-order valence-corrected chi connectivity index (χ0v) is 17.5. The van der Waals surface area contributed by atoms with Crippen molar-refractivity contribution in [3.05, 3.63) is 64.5 Å². The van der Waals surface area contributed by atoms with Crippen molar-refractivity contribution in [1.29, 1.82) is 0 Å². The Labute approximate surface area is 180 Å². The lowest BCUT2D eigenvalue weighted by molar-refractivity contribution is -0.121. The van der Waals surface area contributed by atoms with Crippen LogP contribution < -0.4 is 5.32 Å². The second kappa shape index (κ2) is 9.01. The summed E-state index contributed by atoms with van der Waals surface area (Å²) in [5.74, 6) is -0.888. The van der Waals surface area contributed by atoms with Crippen molar-refractivity contribution in [3.63, 3.8) is 0 Å². The Bertz CT molecular complexity index is 1030. The van der Waals surface area contributed by atoms with Gasteiger partial charge in [0.2, 0.25) is 17.6 Å². The lowest BCUT2D eigenvalue weighted by atomic mass is 9.96. The Hall–Kier alpha value is -2.65. The first-order chi connectivity index (χ1) is 14.5. The highest BCUT2D eigenvalue weighted by atomic mass is 79.9. The molecule has 1 fully saturated rings. The minimum Gasteiger partial charge on any atom is -0.338 e. The lowest BCUT2D eigenvalue weighted by Gasteiger charge is -2.30. The minimum atomic E-state index is -0.779. The highest BCUT2D eigenvalue weighted by molar-refractivity contribution is 9.10. The van der Waals surface area contributed by atoms with E-state index in [0.717, 1.165) is 22.2 Å². The van der Waals surface area contributed by atoms with Gasteiger partial charge in [0.1, 0.15) is 11.6 Å². The number of amides is 1. The topological polar surface area (TPSA) is 71.3 Å². The Morgan fingerprint density at radius 2 is 1.90 bits per heavy atom. The Morgan fingerprint density at radius 3 is 2.60 bits per heavy atom. The number of nitrogens with zero attached hydrogens (tertiary/aromatic N) is 3. The molecule has 0 atom stereocenters. The van der Waals surface area contributed by atoms with Crippen LogP contribution >= 0.6 is 15.9 Å². The highest BCUT2D eigenvalue weighted by Crippen LogP contribution is 2.23. The predicted octanol–water partition coefficient (Wildman–Crippen LogP) is 4.63. The number of piperidine rings is 1. The molecule has 1 aromatic heterocycles. The number of likely N-dealkylation sites (tertiary alicyclic amines) is 1. The fourth-order valence-corrected chi connectivity index (χ4v) is 3.67. The molecule has 0 aliphatic carbocycles. The molecule has 0 spiro atoms. The normalized spacial score (nSPS) is 15.3. The predicted molar refractivity (Wildman–Crippen MR) is 110 cm³/mol. The van der Waals surface area contributed by atoms with Crippen molar-refractivity contribution in [2.45, 2.75) is 19.4 Å². The summed E-state index contributed by atoms with van der Waals surface area (Å²) in [5.41, 5.74) is 0.867. The van der Waals surface area contributed by atoms with Crippen molar-refractivity contribution < 1.29 is 18.1 Å². The average molecular weight is 477 g/mol. The molecule has 1 N–H and O–H groups in total. The number of carbonyl (C=O) groups excluding carboxylic acids is 1. The molecule has 1 aliphatic heterocycles. The van der Waals surface area contributed by atoms with Crippen LogP contribution in [0, 0.1) is 17.6 Å². The van der Waals surface area contributed by atoms with Gasteiger partial charge in [-0.15, -0.1) is 0 Å². The van der Waals surface area contributed by atoms with Crippen LogP contribution in [0.3, 0.4) is 0 Å². The largest absolute Gasteiger partial charge is 0.338 e. The van der Waals surface area contributed by atoms with Crippen LogP contribution in [-0.4, -0.2) is 34.0 Å². The van der Waals surface area contributed by atoms with E-state index in [1.54, 1.807) is 0 Å². The Kier molecular flexibility index (Phi) is 6.19. The second-order valence-electron chi connectivity index (χ2n) is 7.18. The monoisotopic (exact) mass is 476 g/mol. The average Bonchev–Trinajstić information content (AvgIpc) is 3.19. The van der Waals surface area contributed by atoms with E-state index in [9.17, 15) is 13.6 Å². The van der Waals surface area contributed by atoms with E-state index in [4.69, 9.17) is 4.52 Å². The third-order valence-corrected chi connectivity index (χ3v) is 5.61. The zero-order valence-electron chi connectivity index (χ0n) is 15.9. The van der Waals surface area contributed by atoms with E-state index in [-0.39, 0.29) is 17.5 Å². The highest BCUT2D eigenvalue weighted by Gasteiger charge is 2.26. The quantitative estimate of drug-likeness (QED) is 0.581.